The Balaban J connectivity index is 2.01. The number of aromatic nitrogens is 5. The third kappa shape index (κ3) is 1.64. The van der Waals surface area contributed by atoms with E-state index in [0.717, 1.165) is 5.39 Å². The molecule has 21 heavy (non-hydrogen) atoms. The van der Waals surface area contributed by atoms with Gasteiger partial charge in [-0.05, 0) is 17.1 Å². The maximum atomic E-state index is 10.7. The average Bonchev–Trinajstić information content (AvgIpc) is 3.11. The Morgan fingerprint density at radius 2 is 2.05 bits per heavy atom. The Hall–Kier alpha value is -3.36. The van der Waals surface area contributed by atoms with E-state index >= 15 is 0 Å². The molecular formula is C12H6N6O3. The summed E-state index contributed by atoms with van der Waals surface area (Å²) in [7, 11) is 0. The second kappa shape index (κ2) is 4.07. The minimum absolute atomic E-state index is 0.303. The number of hydrogen-bond donors (Lipinski definition) is 0. The maximum Gasteiger partial charge on any atom is 0.491 e. The van der Waals surface area contributed by atoms with Crippen molar-refractivity contribution in [1.82, 2.24) is 24.7 Å². The fourth-order valence-corrected chi connectivity index (χ4v) is 2.11. The molecule has 0 fully saturated rings. The molecule has 0 atom stereocenters. The standard InChI is InChI=1S/C12H6N6O3/c19-18(20)12-15-6-17(16-12)11-10-9(13-5-14-11)7-3-1-2-4-8(7)21-10/h1-6H. The topological polar surface area (TPSA) is 113 Å². The molecule has 0 saturated carbocycles. The van der Waals surface area contributed by atoms with Gasteiger partial charge in [0.1, 0.15) is 17.4 Å². The van der Waals surface area contributed by atoms with Gasteiger partial charge in [-0.15, -0.1) is 4.68 Å². The van der Waals surface area contributed by atoms with Gasteiger partial charge in [0.15, 0.2) is 5.58 Å². The first-order valence-electron chi connectivity index (χ1n) is 5.93. The Morgan fingerprint density at radius 3 is 2.86 bits per heavy atom. The van der Waals surface area contributed by atoms with Crippen LogP contribution in [-0.2, 0) is 0 Å². The lowest BCUT2D eigenvalue weighted by Crippen LogP contribution is -2.00. The van der Waals surface area contributed by atoms with Crippen molar-refractivity contribution in [3.63, 3.8) is 0 Å². The van der Waals surface area contributed by atoms with Crippen LogP contribution in [0.1, 0.15) is 0 Å². The first-order chi connectivity index (χ1) is 10.2. The van der Waals surface area contributed by atoms with Crippen LogP contribution in [0.2, 0.25) is 0 Å². The van der Waals surface area contributed by atoms with Gasteiger partial charge in [0.05, 0.1) is 0 Å². The van der Waals surface area contributed by atoms with E-state index in [1.54, 1.807) is 0 Å². The fourth-order valence-electron chi connectivity index (χ4n) is 2.11. The first kappa shape index (κ1) is 11.5. The molecule has 9 nitrogen and oxygen atoms in total. The second-order valence-electron chi connectivity index (χ2n) is 4.22. The first-order valence-corrected chi connectivity index (χ1v) is 5.93. The number of furan rings is 1. The third-order valence-corrected chi connectivity index (χ3v) is 3.00. The van der Waals surface area contributed by atoms with E-state index in [1.807, 2.05) is 24.3 Å². The lowest BCUT2D eigenvalue weighted by atomic mass is 10.2. The van der Waals surface area contributed by atoms with E-state index < -0.39 is 10.9 Å². The summed E-state index contributed by atoms with van der Waals surface area (Å²) in [4.78, 5) is 21.9. The molecule has 0 aliphatic rings. The van der Waals surface area contributed by atoms with Crippen LogP contribution in [-0.4, -0.2) is 29.7 Å². The van der Waals surface area contributed by atoms with E-state index in [9.17, 15) is 10.1 Å². The molecule has 102 valence electrons. The monoisotopic (exact) mass is 282 g/mol. The SMILES string of the molecule is O=[N+]([O-])c1ncn(-c2ncnc3c2oc2ccccc23)n1. The molecule has 4 aromatic rings. The second-order valence-corrected chi connectivity index (χ2v) is 4.22. The van der Waals surface area contributed by atoms with Crippen molar-refractivity contribution < 1.29 is 9.34 Å². The van der Waals surface area contributed by atoms with Crippen molar-refractivity contribution in [1.29, 1.82) is 0 Å². The average molecular weight is 282 g/mol. The molecule has 0 N–H and O–H groups in total. The summed E-state index contributed by atoms with van der Waals surface area (Å²) < 4.78 is 6.92. The fraction of sp³-hybridized carbons (Fsp3) is 0. The van der Waals surface area contributed by atoms with Gasteiger partial charge >= 0.3 is 5.95 Å². The van der Waals surface area contributed by atoms with Crippen molar-refractivity contribution >= 4 is 28.0 Å². The summed E-state index contributed by atoms with van der Waals surface area (Å²) in [5.41, 5.74) is 1.68. The van der Waals surface area contributed by atoms with Gasteiger partial charge in [-0.1, -0.05) is 17.1 Å². The molecule has 9 heteroatoms. The highest BCUT2D eigenvalue weighted by atomic mass is 16.6. The number of rotatable bonds is 2. The molecule has 1 aromatic carbocycles. The largest absolute Gasteiger partial charge is 0.491 e. The summed E-state index contributed by atoms with van der Waals surface area (Å²) in [5.74, 6) is -0.199. The molecule has 0 unspecified atom stereocenters. The molecule has 0 aliphatic carbocycles. The normalized spacial score (nSPS) is 11.2. The lowest BCUT2D eigenvalue weighted by Gasteiger charge is -1.95. The molecule has 0 aliphatic heterocycles. The quantitative estimate of drug-likeness (QED) is 0.407. The van der Waals surface area contributed by atoms with Crippen LogP contribution in [0.25, 0.3) is 27.9 Å². The molecule has 0 spiro atoms. The predicted molar refractivity (Wildman–Crippen MR) is 70.9 cm³/mol. The lowest BCUT2D eigenvalue weighted by molar-refractivity contribution is -0.394. The smallest absolute Gasteiger partial charge is 0.450 e. The van der Waals surface area contributed by atoms with E-state index in [2.05, 4.69) is 20.1 Å². The summed E-state index contributed by atoms with van der Waals surface area (Å²) in [6.45, 7) is 0. The van der Waals surface area contributed by atoms with Gasteiger partial charge in [-0.25, -0.2) is 9.97 Å². The highest BCUT2D eigenvalue weighted by Crippen LogP contribution is 2.29. The number of nitrogens with zero attached hydrogens (tertiary/aromatic N) is 6. The van der Waals surface area contributed by atoms with Crippen molar-refractivity contribution in [2.24, 2.45) is 0 Å². The Bertz CT molecular complexity index is 989. The van der Waals surface area contributed by atoms with Crippen LogP contribution >= 0.6 is 0 Å². The summed E-state index contributed by atoms with van der Waals surface area (Å²) >= 11 is 0. The molecule has 0 bridgehead atoms. The minimum Gasteiger partial charge on any atom is -0.450 e. The molecule has 3 aromatic heterocycles. The Kier molecular flexibility index (Phi) is 2.22. The zero-order valence-electron chi connectivity index (χ0n) is 10.4. The number of hydrogen-bond acceptors (Lipinski definition) is 7. The van der Waals surface area contributed by atoms with Crippen LogP contribution in [0.3, 0.4) is 0 Å². The Morgan fingerprint density at radius 1 is 1.19 bits per heavy atom. The number of fused-ring (bicyclic) bond motifs is 3. The van der Waals surface area contributed by atoms with Crippen LogP contribution in [0, 0.1) is 10.1 Å². The van der Waals surface area contributed by atoms with Gasteiger partial charge in [-0.3, -0.25) is 0 Å². The van der Waals surface area contributed by atoms with Crippen molar-refractivity contribution in [3.8, 4) is 5.82 Å². The van der Waals surface area contributed by atoms with Gasteiger partial charge in [0.2, 0.25) is 12.1 Å². The molecular weight excluding hydrogens is 276 g/mol. The maximum absolute atomic E-state index is 10.7. The number of benzene rings is 1. The summed E-state index contributed by atoms with van der Waals surface area (Å²) in [6.07, 6.45) is 2.57. The molecule has 3 heterocycles. The molecule has 0 radical (unpaired) electrons. The van der Waals surface area contributed by atoms with Crippen LogP contribution in [0.5, 0.6) is 0 Å². The van der Waals surface area contributed by atoms with Gasteiger partial charge in [0, 0.05) is 10.5 Å². The molecule has 0 amide bonds. The summed E-state index contributed by atoms with van der Waals surface area (Å²) in [6, 6.07) is 7.41. The minimum atomic E-state index is -0.673. The molecule has 4 rings (SSSR count). The van der Waals surface area contributed by atoms with Crippen LogP contribution < -0.4 is 0 Å². The summed E-state index contributed by atoms with van der Waals surface area (Å²) in [5, 5.41) is 15.3. The third-order valence-electron chi connectivity index (χ3n) is 3.00. The van der Waals surface area contributed by atoms with Crippen LogP contribution in [0.15, 0.2) is 41.3 Å². The van der Waals surface area contributed by atoms with Crippen molar-refractivity contribution in [2.45, 2.75) is 0 Å². The number of nitro groups is 1. The van der Waals surface area contributed by atoms with E-state index in [4.69, 9.17) is 4.42 Å². The van der Waals surface area contributed by atoms with E-state index in [-0.39, 0.29) is 0 Å². The zero-order chi connectivity index (χ0) is 14.4. The van der Waals surface area contributed by atoms with Crippen molar-refractivity contribution in [3.05, 3.63) is 47.0 Å². The Labute approximate surface area is 116 Å². The number of para-hydroxylation sites is 1. The van der Waals surface area contributed by atoms with E-state index in [1.165, 1.54) is 17.3 Å². The highest BCUT2D eigenvalue weighted by Gasteiger charge is 2.20. The zero-order valence-corrected chi connectivity index (χ0v) is 10.4. The molecule has 0 saturated heterocycles. The van der Waals surface area contributed by atoms with Crippen LogP contribution in [0.4, 0.5) is 5.95 Å². The highest BCUT2D eigenvalue weighted by molar-refractivity contribution is 6.04. The van der Waals surface area contributed by atoms with Gasteiger partial charge in [0.25, 0.3) is 0 Å². The van der Waals surface area contributed by atoms with Gasteiger partial charge < -0.3 is 14.5 Å². The van der Waals surface area contributed by atoms with E-state index in [0.29, 0.717) is 22.5 Å². The van der Waals surface area contributed by atoms with Gasteiger partial charge in [-0.2, -0.15) is 0 Å². The van der Waals surface area contributed by atoms with Crippen molar-refractivity contribution in [2.75, 3.05) is 0 Å². The predicted octanol–water partition coefficient (Wildman–Crippen LogP) is 1.86.